The van der Waals surface area contributed by atoms with Crippen LogP contribution in [0.2, 0.25) is 0 Å². The molecular formula is C32H30N2O8S. The van der Waals surface area contributed by atoms with Gasteiger partial charge in [-0.2, -0.15) is 4.31 Å². The third-order valence-electron chi connectivity index (χ3n) is 6.85. The second-order valence-corrected chi connectivity index (χ2v) is 11.9. The number of anilines is 1. The second kappa shape index (κ2) is 12.9. The Balaban J connectivity index is 1.61. The van der Waals surface area contributed by atoms with Crippen LogP contribution in [-0.2, 0) is 26.1 Å². The van der Waals surface area contributed by atoms with Crippen molar-refractivity contribution in [3.63, 3.8) is 0 Å². The summed E-state index contributed by atoms with van der Waals surface area (Å²) >= 11 is 0. The van der Waals surface area contributed by atoms with Gasteiger partial charge >= 0.3 is 11.9 Å². The first-order valence-electron chi connectivity index (χ1n) is 13.1. The highest BCUT2D eigenvalue weighted by atomic mass is 32.2. The third kappa shape index (κ3) is 7.08. The number of hydrogen-bond donors (Lipinski definition) is 2. The van der Waals surface area contributed by atoms with Crippen LogP contribution in [0.3, 0.4) is 0 Å². The summed E-state index contributed by atoms with van der Waals surface area (Å²) in [5, 5.41) is 19.6. The summed E-state index contributed by atoms with van der Waals surface area (Å²) in [4.78, 5) is 38.1. The number of phenols is 1. The van der Waals surface area contributed by atoms with Crippen LogP contribution in [0, 0.1) is 6.92 Å². The first kappa shape index (κ1) is 30.9. The number of aryl methyl sites for hydroxylation is 1. The smallest absolute Gasteiger partial charge is 0.339 e. The van der Waals surface area contributed by atoms with Gasteiger partial charge in [0.1, 0.15) is 11.3 Å². The number of amides is 1. The summed E-state index contributed by atoms with van der Waals surface area (Å²) in [5.41, 5.74) is 3.55. The third-order valence-corrected chi connectivity index (χ3v) is 8.66. The summed E-state index contributed by atoms with van der Waals surface area (Å²) in [7, 11) is -1.37. The van der Waals surface area contributed by atoms with Gasteiger partial charge in [0.25, 0.3) is 0 Å². The van der Waals surface area contributed by atoms with Crippen molar-refractivity contribution in [3.05, 3.63) is 113 Å². The topological polar surface area (TPSA) is 142 Å². The lowest BCUT2D eigenvalue weighted by atomic mass is 10.0. The highest BCUT2D eigenvalue weighted by molar-refractivity contribution is 7.89. The molecule has 2 N–H and O–H groups in total. The van der Waals surface area contributed by atoms with E-state index in [1.165, 1.54) is 43.3 Å². The van der Waals surface area contributed by atoms with Gasteiger partial charge in [0.05, 0.1) is 30.7 Å². The van der Waals surface area contributed by atoms with Crippen molar-refractivity contribution in [3.8, 4) is 16.9 Å². The molecule has 0 aliphatic rings. The average Bonchev–Trinajstić information content (AvgIpc) is 2.99. The molecule has 0 fully saturated rings. The van der Waals surface area contributed by atoms with Crippen molar-refractivity contribution in [2.24, 2.45) is 0 Å². The fraction of sp³-hybridized carbons (Fsp3) is 0.156. The van der Waals surface area contributed by atoms with E-state index in [2.05, 4.69) is 0 Å². The van der Waals surface area contributed by atoms with E-state index in [-0.39, 0.29) is 22.7 Å². The maximum atomic E-state index is 13.6. The molecule has 0 saturated carbocycles. The van der Waals surface area contributed by atoms with Crippen LogP contribution in [0.15, 0.2) is 95.9 Å². The highest BCUT2D eigenvalue weighted by Gasteiger charge is 2.27. The molecule has 0 bridgehead atoms. The molecule has 222 valence electrons. The number of benzene rings is 4. The number of carboxylic acid groups (broad SMARTS) is 1. The molecule has 0 saturated heterocycles. The number of carboxylic acids is 1. The van der Waals surface area contributed by atoms with E-state index in [9.17, 15) is 33.0 Å². The molecule has 0 atom stereocenters. The molecule has 0 heterocycles. The van der Waals surface area contributed by atoms with Gasteiger partial charge in [-0.05, 0) is 60.0 Å². The second-order valence-electron chi connectivity index (χ2n) is 9.83. The van der Waals surface area contributed by atoms with Gasteiger partial charge in [0, 0.05) is 18.8 Å². The molecule has 43 heavy (non-hydrogen) atoms. The summed E-state index contributed by atoms with van der Waals surface area (Å²) < 4.78 is 32.0. The molecule has 0 radical (unpaired) electrons. The van der Waals surface area contributed by atoms with Gasteiger partial charge in [-0.25, -0.2) is 18.0 Å². The number of nitrogens with zero attached hydrogens (tertiary/aromatic N) is 2. The molecule has 0 aliphatic carbocycles. The number of esters is 1. The summed E-state index contributed by atoms with van der Waals surface area (Å²) in [6, 6.07) is 24.1. The normalized spacial score (nSPS) is 11.3. The number of rotatable bonds is 10. The van der Waals surface area contributed by atoms with Gasteiger partial charge in [0.2, 0.25) is 15.9 Å². The first-order valence-corrected chi connectivity index (χ1v) is 14.5. The Morgan fingerprint density at radius 2 is 1.42 bits per heavy atom. The zero-order valence-electron chi connectivity index (χ0n) is 23.7. The Labute approximate surface area is 249 Å². The van der Waals surface area contributed by atoms with Gasteiger partial charge in [-0.15, -0.1) is 0 Å². The number of carbonyl (C=O) groups excluding carboxylic acids is 2. The van der Waals surface area contributed by atoms with Crippen LogP contribution in [0.25, 0.3) is 11.1 Å². The average molecular weight is 603 g/mol. The van der Waals surface area contributed by atoms with E-state index < -0.39 is 40.2 Å². The Hall–Kier alpha value is -5.00. The molecule has 0 aliphatic heterocycles. The van der Waals surface area contributed by atoms with Gasteiger partial charge < -0.3 is 19.8 Å². The standard InChI is InChI=1S/C32H30N2O8S/c1-21-4-15-27(16-5-21)43(40,41)33(2)20-30(36)34(26-14-17-28(31(37)38)29(35)18-26)19-22-6-8-23(9-7-22)24-10-12-25(13-11-24)32(39)42-3/h4-18,35H,19-20H2,1-3H3,(H,37,38). The van der Waals surface area contributed by atoms with E-state index in [0.717, 1.165) is 27.1 Å². The maximum absolute atomic E-state index is 13.6. The molecule has 4 rings (SSSR count). The van der Waals surface area contributed by atoms with E-state index in [4.69, 9.17) is 4.74 Å². The zero-order valence-corrected chi connectivity index (χ0v) is 24.5. The lowest BCUT2D eigenvalue weighted by Gasteiger charge is -2.26. The van der Waals surface area contributed by atoms with Crippen molar-refractivity contribution < 1.29 is 37.8 Å². The van der Waals surface area contributed by atoms with Crippen LogP contribution in [0.5, 0.6) is 5.75 Å². The minimum Gasteiger partial charge on any atom is -0.507 e. The minimum atomic E-state index is -3.98. The lowest BCUT2D eigenvalue weighted by Crippen LogP contribution is -2.41. The molecule has 11 heteroatoms. The summed E-state index contributed by atoms with van der Waals surface area (Å²) in [6.07, 6.45) is 0. The quantitative estimate of drug-likeness (QED) is 0.249. The van der Waals surface area contributed by atoms with Crippen molar-refractivity contribution in [1.82, 2.24) is 4.31 Å². The number of aromatic carboxylic acids is 1. The number of sulfonamides is 1. The van der Waals surface area contributed by atoms with Crippen molar-refractivity contribution >= 4 is 33.6 Å². The SMILES string of the molecule is COC(=O)c1ccc(-c2ccc(CN(C(=O)CN(C)S(=O)(=O)c3ccc(C)cc3)c3ccc(C(=O)O)c(O)c3)cc2)cc1. The maximum Gasteiger partial charge on any atom is 0.339 e. The summed E-state index contributed by atoms with van der Waals surface area (Å²) in [5.74, 6) is -2.90. The highest BCUT2D eigenvalue weighted by Crippen LogP contribution is 2.28. The van der Waals surface area contributed by atoms with Crippen LogP contribution in [0.1, 0.15) is 31.8 Å². The predicted molar refractivity (Wildman–Crippen MR) is 160 cm³/mol. The number of carbonyl (C=O) groups is 3. The molecule has 0 aromatic heterocycles. The van der Waals surface area contributed by atoms with Gasteiger partial charge in [-0.1, -0.05) is 54.1 Å². The van der Waals surface area contributed by atoms with Gasteiger partial charge in [-0.3, -0.25) is 4.79 Å². The van der Waals surface area contributed by atoms with Crippen LogP contribution in [-0.4, -0.2) is 61.5 Å². The number of hydrogen-bond acceptors (Lipinski definition) is 7. The molecule has 10 nitrogen and oxygen atoms in total. The molecule has 0 spiro atoms. The van der Waals surface area contributed by atoms with Crippen molar-refractivity contribution in [2.45, 2.75) is 18.4 Å². The summed E-state index contributed by atoms with van der Waals surface area (Å²) in [6.45, 7) is 1.33. The first-order chi connectivity index (χ1) is 20.4. The van der Waals surface area contributed by atoms with Gasteiger partial charge in [0.15, 0.2) is 0 Å². The van der Waals surface area contributed by atoms with Crippen LogP contribution < -0.4 is 4.90 Å². The zero-order chi connectivity index (χ0) is 31.3. The Bertz CT molecular complexity index is 1750. The predicted octanol–water partition coefficient (Wildman–Crippen LogP) is 4.71. The molecule has 1 amide bonds. The fourth-order valence-corrected chi connectivity index (χ4v) is 5.47. The minimum absolute atomic E-state index is 0.00463. The van der Waals surface area contributed by atoms with Crippen LogP contribution in [0.4, 0.5) is 5.69 Å². The molecule has 0 unspecified atom stereocenters. The largest absolute Gasteiger partial charge is 0.507 e. The Morgan fingerprint density at radius 1 is 0.837 bits per heavy atom. The molecule has 4 aromatic carbocycles. The monoisotopic (exact) mass is 602 g/mol. The van der Waals surface area contributed by atoms with Crippen molar-refractivity contribution in [2.75, 3.05) is 25.6 Å². The lowest BCUT2D eigenvalue weighted by molar-refractivity contribution is -0.118. The molecule has 4 aromatic rings. The number of methoxy groups -OCH3 is 1. The molecular weight excluding hydrogens is 572 g/mol. The van der Waals surface area contributed by atoms with E-state index in [1.54, 1.807) is 48.5 Å². The number of ether oxygens (including phenoxy) is 1. The van der Waals surface area contributed by atoms with Crippen LogP contribution >= 0.6 is 0 Å². The Morgan fingerprint density at radius 3 is 1.95 bits per heavy atom. The fourth-order valence-electron chi connectivity index (χ4n) is 4.35. The number of aromatic hydroxyl groups is 1. The van der Waals surface area contributed by atoms with E-state index >= 15 is 0 Å². The van der Waals surface area contributed by atoms with Crippen molar-refractivity contribution in [1.29, 1.82) is 0 Å². The number of likely N-dealkylation sites (N-methyl/N-ethyl adjacent to an activating group) is 1. The van der Waals surface area contributed by atoms with E-state index in [1.807, 2.05) is 19.1 Å². The van der Waals surface area contributed by atoms with E-state index in [0.29, 0.717) is 11.1 Å². The Kier molecular flexibility index (Phi) is 9.27.